The summed E-state index contributed by atoms with van der Waals surface area (Å²) in [5.41, 5.74) is 6.57. The summed E-state index contributed by atoms with van der Waals surface area (Å²) < 4.78 is 5.80. The van der Waals surface area contributed by atoms with Crippen molar-refractivity contribution in [3.63, 3.8) is 0 Å². The molecule has 112 valence electrons. The molecule has 0 aliphatic carbocycles. The molecule has 1 amide bonds. The van der Waals surface area contributed by atoms with Crippen molar-refractivity contribution < 1.29 is 14.6 Å². The van der Waals surface area contributed by atoms with Gasteiger partial charge in [0.05, 0.1) is 12.1 Å². The third-order valence-corrected chi connectivity index (χ3v) is 3.93. The molecule has 4 N–H and O–H groups in total. The largest absolute Gasteiger partial charge is 0.493 e. The Morgan fingerprint density at radius 2 is 2.24 bits per heavy atom. The van der Waals surface area contributed by atoms with Gasteiger partial charge < -0.3 is 20.5 Å². The highest BCUT2D eigenvalue weighted by molar-refractivity contribution is 5.89. The molecule has 2 aromatic rings. The van der Waals surface area contributed by atoms with Crippen LogP contribution in [-0.4, -0.2) is 46.0 Å². The van der Waals surface area contributed by atoms with Crippen molar-refractivity contribution in [2.75, 3.05) is 25.4 Å². The fourth-order valence-electron chi connectivity index (χ4n) is 2.61. The standard InChI is InChI=1S/C14H18N4O3/c15-13-11-2-1-10(7-12(11)16-17-13)21-8-9-3-5-18(6-4-9)14(19)20/h1-2,7,9H,3-6,8H2,(H,19,20)(H3,15,16,17). The van der Waals surface area contributed by atoms with E-state index in [0.717, 1.165) is 29.5 Å². The third-order valence-electron chi connectivity index (χ3n) is 3.93. The Labute approximate surface area is 121 Å². The number of hydrogen-bond donors (Lipinski definition) is 3. The lowest BCUT2D eigenvalue weighted by atomic mass is 9.98. The number of carbonyl (C=O) groups is 1. The molecule has 7 heteroatoms. The maximum atomic E-state index is 10.8. The highest BCUT2D eigenvalue weighted by atomic mass is 16.5. The highest BCUT2D eigenvalue weighted by Crippen LogP contribution is 2.24. The number of aromatic amines is 1. The molecular weight excluding hydrogens is 272 g/mol. The molecule has 1 aliphatic rings. The number of rotatable bonds is 3. The van der Waals surface area contributed by atoms with Gasteiger partial charge in [0.1, 0.15) is 5.75 Å². The van der Waals surface area contributed by atoms with E-state index in [1.165, 1.54) is 4.90 Å². The predicted molar refractivity (Wildman–Crippen MR) is 78.3 cm³/mol. The topological polar surface area (TPSA) is 104 Å². The van der Waals surface area contributed by atoms with E-state index in [2.05, 4.69) is 10.2 Å². The molecule has 7 nitrogen and oxygen atoms in total. The molecule has 0 atom stereocenters. The molecule has 3 rings (SSSR count). The zero-order chi connectivity index (χ0) is 14.8. The van der Waals surface area contributed by atoms with Gasteiger partial charge in [-0.05, 0) is 30.9 Å². The van der Waals surface area contributed by atoms with Gasteiger partial charge in [-0.25, -0.2) is 4.79 Å². The molecule has 1 aromatic heterocycles. The summed E-state index contributed by atoms with van der Waals surface area (Å²) in [5.74, 6) is 1.65. The Kier molecular flexibility index (Phi) is 3.55. The van der Waals surface area contributed by atoms with Crippen molar-refractivity contribution in [2.45, 2.75) is 12.8 Å². The molecule has 21 heavy (non-hydrogen) atoms. The summed E-state index contributed by atoms with van der Waals surface area (Å²) in [6.07, 6.45) is 0.841. The smallest absolute Gasteiger partial charge is 0.407 e. The summed E-state index contributed by atoms with van der Waals surface area (Å²) in [5, 5.41) is 16.6. The quantitative estimate of drug-likeness (QED) is 0.801. The molecule has 0 radical (unpaired) electrons. The maximum Gasteiger partial charge on any atom is 0.407 e. The average molecular weight is 290 g/mol. The van der Waals surface area contributed by atoms with Crippen LogP contribution in [0.25, 0.3) is 10.9 Å². The lowest BCUT2D eigenvalue weighted by Gasteiger charge is -2.29. The average Bonchev–Trinajstić information content (AvgIpc) is 2.86. The molecule has 1 saturated heterocycles. The minimum absolute atomic E-state index is 0.392. The van der Waals surface area contributed by atoms with Gasteiger partial charge in [-0.1, -0.05) is 0 Å². The van der Waals surface area contributed by atoms with Gasteiger partial charge >= 0.3 is 6.09 Å². The molecular formula is C14H18N4O3. The van der Waals surface area contributed by atoms with Crippen molar-refractivity contribution in [2.24, 2.45) is 5.92 Å². The molecule has 2 heterocycles. The summed E-state index contributed by atoms with van der Waals surface area (Å²) >= 11 is 0. The normalized spacial score (nSPS) is 16.3. The van der Waals surface area contributed by atoms with E-state index in [1.807, 2.05) is 18.2 Å². The van der Waals surface area contributed by atoms with Crippen molar-refractivity contribution in [1.29, 1.82) is 0 Å². The number of H-pyrrole nitrogens is 1. The van der Waals surface area contributed by atoms with Gasteiger partial charge in [-0.2, -0.15) is 5.10 Å². The van der Waals surface area contributed by atoms with Gasteiger partial charge in [0.15, 0.2) is 5.82 Å². The Bertz CT molecular complexity index is 647. The van der Waals surface area contributed by atoms with Crippen LogP contribution in [-0.2, 0) is 0 Å². The summed E-state index contributed by atoms with van der Waals surface area (Å²) in [6.45, 7) is 1.77. The second-order valence-corrected chi connectivity index (χ2v) is 5.34. The van der Waals surface area contributed by atoms with Crippen LogP contribution in [0.5, 0.6) is 5.75 Å². The van der Waals surface area contributed by atoms with Crippen LogP contribution in [0, 0.1) is 5.92 Å². The first-order chi connectivity index (χ1) is 10.1. The molecule has 0 bridgehead atoms. The Balaban J connectivity index is 1.56. The minimum atomic E-state index is -0.836. The third kappa shape index (κ3) is 2.86. The fraction of sp³-hybridized carbons (Fsp3) is 0.429. The number of ether oxygens (including phenoxy) is 1. The second-order valence-electron chi connectivity index (χ2n) is 5.34. The number of nitrogens with one attached hydrogen (secondary N) is 1. The SMILES string of the molecule is Nc1n[nH]c2cc(OCC3CCN(C(=O)O)CC3)ccc12. The summed E-state index contributed by atoms with van der Waals surface area (Å²) in [7, 11) is 0. The lowest BCUT2D eigenvalue weighted by molar-refractivity contribution is 0.111. The van der Waals surface area contributed by atoms with E-state index in [1.54, 1.807) is 0 Å². The van der Waals surface area contributed by atoms with Crippen LogP contribution in [0.1, 0.15) is 12.8 Å². The van der Waals surface area contributed by atoms with Crippen LogP contribution in [0.4, 0.5) is 10.6 Å². The van der Waals surface area contributed by atoms with Gasteiger partial charge in [0, 0.05) is 24.5 Å². The molecule has 0 spiro atoms. The van der Waals surface area contributed by atoms with E-state index >= 15 is 0 Å². The molecule has 1 aromatic carbocycles. The van der Waals surface area contributed by atoms with Crippen molar-refractivity contribution in [1.82, 2.24) is 15.1 Å². The van der Waals surface area contributed by atoms with E-state index in [-0.39, 0.29) is 0 Å². The van der Waals surface area contributed by atoms with Crippen LogP contribution < -0.4 is 10.5 Å². The zero-order valence-electron chi connectivity index (χ0n) is 11.6. The first-order valence-corrected chi connectivity index (χ1v) is 6.98. The van der Waals surface area contributed by atoms with Crippen molar-refractivity contribution in [3.8, 4) is 5.75 Å². The minimum Gasteiger partial charge on any atom is -0.493 e. The second kappa shape index (κ2) is 5.51. The van der Waals surface area contributed by atoms with Crippen molar-refractivity contribution >= 4 is 22.8 Å². The monoisotopic (exact) mass is 290 g/mol. The number of aromatic nitrogens is 2. The summed E-state index contributed by atoms with van der Waals surface area (Å²) in [6, 6.07) is 5.64. The van der Waals surface area contributed by atoms with Gasteiger partial charge in [-0.3, -0.25) is 5.10 Å². The first-order valence-electron chi connectivity index (χ1n) is 6.98. The fourth-order valence-corrected chi connectivity index (χ4v) is 2.61. The molecule has 1 aliphatic heterocycles. The number of nitrogens with zero attached hydrogens (tertiary/aromatic N) is 2. The van der Waals surface area contributed by atoms with Crippen LogP contribution in [0.3, 0.4) is 0 Å². The van der Waals surface area contributed by atoms with E-state index < -0.39 is 6.09 Å². The number of likely N-dealkylation sites (tertiary alicyclic amines) is 1. The zero-order valence-corrected chi connectivity index (χ0v) is 11.6. The van der Waals surface area contributed by atoms with Crippen molar-refractivity contribution in [3.05, 3.63) is 18.2 Å². The van der Waals surface area contributed by atoms with Gasteiger partial charge in [0.25, 0.3) is 0 Å². The maximum absolute atomic E-state index is 10.8. The lowest BCUT2D eigenvalue weighted by Crippen LogP contribution is -2.38. The van der Waals surface area contributed by atoms with Gasteiger partial charge in [-0.15, -0.1) is 0 Å². The van der Waals surface area contributed by atoms with Crippen LogP contribution >= 0.6 is 0 Å². The first kappa shape index (κ1) is 13.5. The van der Waals surface area contributed by atoms with E-state index in [4.69, 9.17) is 15.6 Å². The van der Waals surface area contributed by atoms with Gasteiger partial charge in [0.2, 0.25) is 0 Å². The van der Waals surface area contributed by atoms with Crippen LogP contribution in [0.15, 0.2) is 18.2 Å². The number of amides is 1. The van der Waals surface area contributed by atoms with E-state index in [9.17, 15) is 4.79 Å². The Morgan fingerprint density at radius 3 is 2.95 bits per heavy atom. The summed E-state index contributed by atoms with van der Waals surface area (Å²) in [4.78, 5) is 12.3. The molecule has 1 fully saturated rings. The molecule has 0 unspecified atom stereocenters. The Morgan fingerprint density at radius 1 is 1.48 bits per heavy atom. The number of carboxylic acid groups (broad SMARTS) is 1. The highest BCUT2D eigenvalue weighted by Gasteiger charge is 2.22. The number of anilines is 1. The predicted octanol–water partition coefficient (Wildman–Crippen LogP) is 1.91. The van der Waals surface area contributed by atoms with E-state index in [0.29, 0.717) is 31.4 Å². The van der Waals surface area contributed by atoms with Crippen LogP contribution in [0.2, 0.25) is 0 Å². The molecule has 0 saturated carbocycles. The number of piperidine rings is 1. The number of benzene rings is 1. The number of fused-ring (bicyclic) bond motifs is 1. The number of hydrogen-bond acceptors (Lipinski definition) is 4. The Hall–Kier alpha value is -2.44. The number of nitrogens with two attached hydrogens (primary N) is 1. The number of nitrogen functional groups attached to an aromatic ring is 1.